The Bertz CT molecular complexity index is 700. The number of aromatic nitrogens is 2. The molecular weight excluding hydrogens is 300 g/mol. The largest absolute Gasteiger partial charge is 0.286 e. The summed E-state index contributed by atoms with van der Waals surface area (Å²) in [6, 6.07) is 3.14. The second kappa shape index (κ2) is 6.05. The van der Waals surface area contributed by atoms with Crippen molar-refractivity contribution in [2.75, 3.05) is 4.90 Å². The van der Waals surface area contributed by atoms with E-state index in [0.29, 0.717) is 0 Å². The Balaban J connectivity index is 2.40. The molecule has 0 N–H and O–H groups in total. The van der Waals surface area contributed by atoms with Crippen LogP contribution < -0.4 is 4.90 Å². The van der Waals surface area contributed by atoms with E-state index in [0.717, 1.165) is 18.2 Å². The van der Waals surface area contributed by atoms with Gasteiger partial charge >= 0.3 is 0 Å². The van der Waals surface area contributed by atoms with Crippen molar-refractivity contribution in [1.29, 1.82) is 0 Å². The van der Waals surface area contributed by atoms with Crippen LogP contribution in [0.25, 0.3) is 0 Å². The van der Waals surface area contributed by atoms with Gasteiger partial charge < -0.3 is 0 Å². The predicted octanol–water partition coefficient (Wildman–Crippen LogP) is 3.07. The first kappa shape index (κ1) is 15.2. The molecule has 2 aromatic rings. The van der Waals surface area contributed by atoms with Crippen LogP contribution in [0.5, 0.6) is 0 Å². The van der Waals surface area contributed by atoms with Crippen molar-refractivity contribution in [3.63, 3.8) is 0 Å². The zero-order valence-corrected chi connectivity index (χ0v) is 11.9. The standard InChI is InChI=1S/C14H12ClF2N3O/c1-3-13(21)20(14-11(15)8-19(2)18-14)7-9-4-5-10(16)6-12(9)17/h3-6,8H,1,7H2,2H3. The maximum atomic E-state index is 13.7. The van der Waals surface area contributed by atoms with Crippen LogP contribution in [0.15, 0.2) is 37.1 Å². The van der Waals surface area contributed by atoms with E-state index < -0.39 is 17.5 Å². The molecule has 0 saturated carbocycles. The first-order valence-corrected chi connectivity index (χ1v) is 6.37. The van der Waals surface area contributed by atoms with Gasteiger partial charge in [-0.25, -0.2) is 8.78 Å². The van der Waals surface area contributed by atoms with E-state index >= 15 is 0 Å². The molecule has 0 radical (unpaired) electrons. The molecule has 4 nitrogen and oxygen atoms in total. The van der Waals surface area contributed by atoms with Crippen molar-refractivity contribution in [3.05, 3.63) is 59.3 Å². The number of aryl methyl sites for hydroxylation is 1. The van der Waals surface area contributed by atoms with Crippen molar-refractivity contribution in [2.45, 2.75) is 6.54 Å². The second-order valence-electron chi connectivity index (χ2n) is 4.34. The number of benzene rings is 1. The van der Waals surface area contributed by atoms with Crippen LogP contribution in [0.3, 0.4) is 0 Å². The zero-order valence-electron chi connectivity index (χ0n) is 11.2. The normalized spacial score (nSPS) is 10.5. The van der Waals surface area contributed by atoms with Gasteiger partial charge in [0.25, 0.3) is 5.91 Å². The summed E-state index contributed by atoms with van der Waals surface area (Å²) >= 11 is 6.01. The first-order valence-electron chi connectivity index (χ1n) is 5.99. The van der Waals surface area contributed by atoms with Crippen LogP contribution >= 0.6 is 11.6 Å². The Morgan fingerprint density at radius 2 is 2.24 bits per heavy atom. The van der Waals surface area contributed by atoms with Crippen LogP contribution in [0.2, 0.25) is 5.02 Å². The fraction of sp³-hybridized carbons (Fsp3) is 0.143. The van der Waals surface area contributed by atoms with Crippen molar-refractivity contribution in [2.24, 2.45) is 7.05 Å². The number of hydrogen-bond acceptors (Lipinski definition) is 2. The van der Waals surface area contributed by atoms with Gasteiger partial charge in [0, 0.05) is 24.9 Å². The Kier molecular flexibility index (Phi) is 4.37. The highest BCUT2D eigenvalue weighted by Crippen LogP contribution is 2.26. The predicted molar refractivity (Wildman–Crippen MR) is 76.0 cm³/mol. The van der Waals surface area contributed by atoms with Crippen molar-refractivity contribution in [1.82, 2.24) is 9.78 Å². The lowest BCUT2D eigenvalue weighted by Gasteiger charge is -2.19. The van der Waals surface area contributed by atoms with Crippen molar-refractivity contribution >= 4 is 23.3 Å². The monoisotopic (exact) mass is 311 g/mol. The summed E-state index contributed by atoms with van der Waals surface area (Å²) in [6.45, 7) is 3.27. The summed E-state index contributed by atoms with van der Waals surface area (Å²) in [5.74, 6) is -1.73. The Labute approximate surface area is 125 Å². The molecule has 0 fully saturated rings. The average Bonchev–Trinajstić information content (AvgIpc) is 2.76. The Morgan fingerprint density at radius 1 is 1.52 bits per heavy atom. The summed E-state index contributed by atoms with van der Waals surface area (Å²) in [5, 5.41) is 4.31. The molecule has 0 saturated heterocycles. The number of nitrogens with zero attached hydrogens (tertiary/aromatic N) is 3. The minimum atomic E-state index is -0.746. The van der Waals surface area contributed by atoms with E-state index in [2.05, 4.69) is 11.7 Å². The molecule has 0 aliphatic heterocycles. The lowest BCUT2D eigenvalue weighted by Crippen LogP contribution is -2.29. The van der Waals surface area contributed by atoms with Gasteiger partial charge in [0.05, 0.1) is 6.54 Å². The maximum absolute atomic E-state index is 13.7. The molecule has 2 rings (SSSR count). The van der Waals surface area contributed by atoms with E-state index in [-0.39, 0.29) is 22.9 Å². The molecule has 110 valence electrons. The third-order valence-corrected chi connectivity index (χ3v) is 3.07. The number of halogens is 3. The zero-order chi connectivity index (χ0) is 15.6. The minimum absolute atomic E-state index is 0.131. The van der Waals surface area contributed by atoms with Crippen LogP contribution in [0, 0.1) is 11.6 Å². The lowest BCUT2D eigenvalue weighted by molar-refractivity contribution is -0.114. The van der Waals surface area contributed by atoms with Gasteiger partial charge in [-0.1, -0.05) is 24.2 Å². The summed E-state index contributed by atoms with van der Waals surface area (Å²) < 4.78 is 28.1. The molecule has 0 unspecified atom stereocenters. The molecule has 0 atom stereocenters. The van der Waals surface area contributed by atoms with Gasteiger partial charge in [-0.05, 0) is 12.1 Å². The molecular formula is C14H12ClF2N3O. The van der Waals surface area contributed by atoms with Crippen LogP contribution in [-0.4, -0.2) is 15.7 Å². The van der Waals surface area contributed by atoms with Gasteiger partial charge in [0.1, 0.15) is 16.7 Å². The van der Waals surface area contributed by atoms with Crippen molar-refractivity contribution in [3.8, 4) is 0 Å². The van der Waals surface area contributed by atoms with Gasteiger partial charge in [-0.15, -0.1) is 0 Å². The summed E-state index contributed by atoms with van der Waals surface area (Å²) in [4.78, 5) is 13.1. The topological polar surface area (TPSA) is 38.1 Å². The van der Waals surface area contributed by atoms with E-state index in [1.165, 1.54) is 21.8 Å². The molecule has 21 heavy (non-hydrogen) atoms. The molecule has 1 heterocycles. The van der Waals surface area contributed by atoms with Crippen LogP contribution in [-0.2, 0) is 18.4 Å². The van der Waals surface area contributed by atoms with Crippen LogP contribution in [0.4, 0.5) is 14.6 Å². The smallest absolute Gasteiger partial charge is 0.251 e. The van der Waals surface area contributed by atoms with Gasteiger partial charge in [-0.2, -0.15) is 5.10 Å². The summed E-state index contributed by atoms with van der Waals surface area (Å²) in [7, 11) is 1.64. The Morgan fingerprint density at radius 3 is 2.76 bits per heavy atom. The third kappa shape index (κ3) is 3.28. The summed E-state index contributed by atoms with van der Waals surface area (Å²) in [6.07, 6.45) is 2.59. The SMILES string of the molecule is C=CC(=O)N(Cc1ccc(F)cc1F)c1nn(C)cc1Cl. The highest BCUT2D eigenvalue weighted by molar-refractivity contribution is 6.33. The molecule has 1 amide bonds. The molecule has 0 spiro atoms. The van der Waals surface area contributed by atoms with E-state index in [1.54, 1.807) is 7.05 Å². The average molecular weight is 312 g/mol. The number of carbonyl (C=O) groups is 1. The number of carbonyl (C=O) groups excluding carboxylic acids is 1. The van der Waals surface area contributed by atoms with Gasteiger partial charge in [0.2, 0.25) is 0 Å². The third-order valence-electron chi connectivity index (χ3n) is 2.81. The molecule has 1 aromatic carbocycles. The van der Waals surface area contributed by atoms with Crippen LogP contribution in [0.1, 0.15) is 5.56 Å². The summed E-state index contributed by atoms with van der Waals surface area (Å²) in [5.41, 5.74) is 0.147. The van der Waals surface area contributed by atoms with E-state index in [4.69, 9.17) is 11.6 Å². The highest BCUT2D eigenvalue weighted by Gasteiger charge is 2.21. The molecule has 0 aliphatic carbocycles. The molecule has 0 bridgehead atoms. The fourth-order valence-corrected chi connectivity index (χ4v) is 2.10. The van der Waals surface area contributed by atoms with E-state index in [9.17, 15) is 13.6 Å². The fourth-order valence-electron chi connectivity index (χ4n) is 1.82. The highest BCUT2D eigenvalue weighted by atomic mass is 35.5. The van der Waals surface area contributed by atoms with E-state index in [1.807, 2.05) is 0 Å². The number of hydrogen-bond donors (Lipinski definition) is 0. The molecule has 0 aliphatic rings. The maximum Gasteiger partial charge on any atom is 0.251 e. The first-order chi connectivity index (χ1) is 9.92. The van der Waals surface area contributed by atoms with Crippen molar-refractivity contribution < 1.29 is 13.6 Å². The number of amides is 1. The second-order valence-corrected chi connectivity index (χ2v) is 4.75. The molecule has 1 aromatic heterocycles. The van der Waals surface area contributed by atoms with Gasteiger partial charge in [-0.3, -0.25) is 14.4 Å². The number of rotatable bonds is 4. The lowest BCUT2D eigenvalue weighted by atomic mass is 10.2. The Hall–Kier alpha value is -2.21. The van der Waals surface area contributed by atoms with Gasteiger partial charge in [0.15, 0.2) is 5.82 Å². The minimum Gasteiger partial charge on any atom is -0.286 e. The number of anilines is 1. The molecule has 7 heteroatoms. The quantitative estimate of drug-likeness (QED) is 0.814.